The Morgan fingerprint density at radius 3 is 2.30 bits per heavy atom. The van der Waals surface area contributed by atoms with Crippen LogP contribution in [0.1, 0.15) is 72.8 Å². The molecule has 2 rings (SSSR count). The molecule has 1 aliphatic heterocycles. The molecule has 0 fully saturated rings. The number of phenolic OH excluding ortho intramolecular Hbond substituents is 1. The number of cyclic esters (lactones) is 1. The van der Waals surface area contributed by atoms with E-state index < -0.39 is 30.4 Å². The number of allylic oxidation sites excluding steroid dienone is 4. The molecule has 256 valence electrons. The highest BCUT2D eigenvalue weighted by molar-refractivity contribution is 5.82. The summed E-state index contributed by atoms with van der Waals surface area (Å²) in [7, 11) is 0. The second kappa shape index (κ2) is 20.3. The fraction of sp³-hybridized carbons (Fsp3) is 0.564. The number of phenols is 1. The van der Waals surface area contributed by atoms with E-state index in [-0.39, 0.29) is 47.9 Å². The van der Waals surface area contributed by atoms with Crippen LogP contribution in [0.15, 0.2) is 85.5 Å². The Morgan fingerprint density at radius 2 is 1.63 bits per heavy atom. The number of hydrogen-bond donors (Lipinski definition) is 4. The molecule has 0 spiro atoms. The van der Waals surface area contributed by atoms with Crippen molar-refractivity contribution in [3.05, 3.63) is 91.1 Å². The van der Waals surface area contributed by atoms with Gasteiger partial charge in [0.25, 0.3) is 0 Å². The summed E-state index contributed by atoms with van der Waals surface area (Å²) in [5.41, 5.74) is 0.956. The van der Waals surface area contributed by atoms with Crippen LogP contribution in [0.4, 0.5) is 0 Å². The van der Waals surface area contributed by atoms with Gasteiger partial charge in [-0.3, -0.25) is 0 Å². The molecule has 7 heteroatoms. The summed E-state index contributed by atoms with van der Waals surface area (Å²) in [6, 6.07) is 6.98. The lowest BCUT2D eigenvalue weighted by molar-refractivity contribution is -0.150. The van der Waals surface area contributed by atoms with Crippen molar-refractivity contribution in [2.45, 2.75) is 104 Å². The molecule has 11 atom stereocenters. The van der Waals surface area contributed by atoms with Crippen LogP contribution in [-0.4, -0.2) is 56.9 Å². The number of ether oxygens (including phenoxy) is 2. The molecule has 1 aromatic carbocycles. The smallest absolute Gasteiger partial charge is 0.331 e. The highest BCUT2D eigenvalue weighted by Crippen LogP contribution is 2.30. The maximum Gasteiger partial charge on any atom is 0.331 e. The van der Waals surface area contributed by atoms with Crippen molar-refractivity contribution in [3.8, 4) is 5.75 Å². The molecule has 1 heterocycles. The van der Waals surface area contributed by atoms with Gasteiger partial charge in [-0.1, -0.05) is 109 Å². The van der Waals surface area contributed by atoms with Gasteiger partial charge in [-0.25, -0.2) is 4.79 Å². The number of benzene rings is 1. The quantitative estimate of drug-likeness (QED) is 0.150. The van der Waals surface area contributed by atoms with Gasteiger partial charge in [0.15, 0.2) is 0 Å². The van der Waals surface area contributed by atoms with Gasteiger partial charge in [0, 0.05) is 36.2 Å². The van der Waals surface area contributed by atoms with Gasteiger partial charge in [0.05, 0.1) is 31.0 Å². The number of aliphatic hydroxyl groups is 3. The lowest BCUT2D eigenvalue weighted by Crippen LogP contribution is -2.37. The van der Waals surface area contributed by atoms with Gasteiger partial charge < -0.3 is 29.9 Å². The van der Waals surface area contributed by atoms with Gasteiger partial charge in [-0.2, -0.15) is 0 Å². The SMILES string of the molecule is C=C/C=C\[C@H](C)[C@@H]1OC(=O)/C=C\C=C\[C@@H](C)[C@@H](O)C[C@H](O)/C=C\[C@H](C)[C@H](OCc2ccc(O)cc2)[C@@H](C)C[C@@H](C)CC[C@@H](O)[C@@H]1C. The predicted molar refractivity (Wildman–Crippen MR) is 185 cm³/mol. The number of esters is 1. The molecule has 4 N–H and O–H groups in total. The zero-order valence-corrected chi connectivity index (χ0v) is 28.6. The lowest BCUT2D eigenvalue weighted by Gasteiger charge is -2.32. The first kappa shape index (κ1) is 39.2. The normalized spacial score (nSPS) is 35.6. The average molecular weight is 639 g/mol. The van der Waals surface area contributed by atoms with Crippen LogP contribution in [0.25, 0.3) is 0 Å². The summed E-state index contributed by atoms with van der Waals surface area (Å²) in [5.74, 6) is -0.547. The minimum Gasteiger partial charge on any atom is -0.508 e. The van der Waals surface area contributed by atoms with E-state index in [1.807, 2.05) is 51.1 Å². The van der Waals surface area contributed by atoms with Crippen LogP contribution in [0.5, 0.6) is 5.75 Å². The van der Waals surface area contributed by atoms with Gasteiger partial charge in [0.1, 0.15) is 11.9 Å². The molecular formula is C39H58O7. The Bertz CT molecular complexity index is 1150. The number of rotatable bonds is 6. The molecule has 0 aliphatic carbocycles. The standard InChI is InChI=1S/C39H58O7/c1-8-9-12-28(4)39-31(7)35(42)22-15-26(2)23-30(6)38(45-25-32-17-20-33(40)21-18-32)29(5)16-19-34(41)24-36(43)27(3)13-10-11-14-37(44)46-39/h8-14,16-21,26-31,34-36,38-43H,1,15,22-25H2,2-7H3/b12-9-,13-10+,14-11-,19-16-/t26-,27+,28-,29-,30-,31-,34+,35+,36-,38-,39-/m0/s1. The highest BCUT2D eigenvalue weighted by Gasteiger charge is 2.31. The molecular weight excluding hydrogens is 580 g/mol. The Labute approximate surface area is 277 Å². The Balaban J connectivity index is 2.33. The van der Waals surface area contributed by atoms with Crippen molar-refractivity contribution in [2.24, 2.45) is 35.5 Å². The fourth-order valence-electron chi connectivity index (χ4n) is 6.13. The van der Waals surface area contributed by atoms with E-state index in [1.165, 1.54) is 6.08 Å². The fourth-order valence-corrected chi connectivity index (χ4v) is 6.13. The first-order valence-corrected chi connectivity index (χ1v) is 16.8. The minimum absolute atomic E-state index is 0.0161. The molecule has 7 nitrogen and oxygen atoms in total. The van der Waals surface area contributed by atoms with Gasteiger partial charge >= 0.3 is 5.97 Å². The van der Waals surface area contributed by atoms with Crippen molar-refractivity contribution in [1.82, 2.24) is 0 Å². The summed E-state index contributed by atoms with van der Waals surface area (Å²) in [4.78, 5) is 12.8. The van der Waals surface area contributed by atoms with Gasteiger partial charge in [-0.15, -0.1) is 0 Å². The van der Waals surface area contributed by atoms with E-state index in [0.29, 0.717) is 18.9 Å². The van der Waals surface area contributed by atoms with E-state index in [4.69, 9.17) is 9.47 Å². The van der Waals surface area contributed by atoms with Crippen molar-refractivity contribution in [2.75, 3.05) is 0 Å². The Kier molecular flexibility index (Phi) is 17.3. The number of hydrogen-bond acceptors (Lipinski definition) is 7. The third-order valence-corrected chi connectivity index (χ3v) is 9.12. The molecule has 1 aromatic rings. The van der Waals surface area contributed by atoms with Crippen molar-refractivity contribution < 1.29 is 34.7 Å². The van der Waals surface area contributed by atoms with Crippen molar-refractivity contribution in [1.29, 1.82) is 0 Å². The average Bonchev–Trinajstić information content (AvgIpc) is 3.02. The maximum atomic E-state index is 12.8. The summed E-state index contributed by atoms with van der Waals surface area (Å²) in [6.07, 6.45) is 15.0. The van der Waals surface area contributed by atoms with E-state index in [0.717, 1.165) is 18.4 Å². The van der Waals surface area contributed by atoms with E-state index >= 15 is 0 Å². The van der Waals surface area contributed by atoms with Crippen LogP contribution in [0, 0.1) is 35.5 Å². The Hall–Kier alpha value is -2.97. The molecule has 0 aromatic heterocycles. The van der Waals surface area contributed by atoms with E-state index in [2.05, 4.69) is 27.4 Å². The molecule has 0 amide bonds. The summed E-state index contributed by atoms with van der Waals surface area (Å²) >= 11 is 0. The highest BCUT2D eigenvalue weighted by atomic mass is 16.5. The lowest BCUT2D eigenvalue weighted by atomic mass is 9.82. The number of carbonyl (C=O) groups is 1. The van der Waals surface area contributed by atoms with Crippen LogP contribution in [-0.2, 0) is 20.9 Å². The predicted octanol–water partition coefficient (Wildman–Crippen LogP) is 7.07. The van der Waals surface area contributed by atoms with Crippen LogP contribution >= 0.6 is 0 Å². The summed E-state index contributed by atoms with van der Waals surface area (Å²) in [6.45, 7) is 16.3. The summed E-state index contributed by atoms with van der Waals surface area (Å²) < 4.78 is 12.4. The first-order chi connectivity index (χ1) is 21.8. The van der Waals surface area contributed by atoms with Crippen molar-refractivity contribution in [3.63, 3.8) is 0 Å². The van der Waals surface area contributed by atoms with Crippen molar-refractivity contribution >= 4 is 5.97 Å². The number of aliphatic hydroxyl groups excluding tert-OH is 3. The monoisotopic (exact) mass is 638 g/mol. The molecule has 0 saturated carbocycles. The zero-order valence-electron chi connectivity index (χ0n) is 28.6. The Morgan fingerprint density at radius 1 is 0.935 bits per heavy atom. The third-order valence-electron chi connectivity index (χ3n) is 9.12. The largest absolute Gasteiger partial charge is 0.508 e. The molecule has 46 heavy (non-hydrogen) atoms. The third kappa shape index (κ3) is 13.8. The topological polar surface area (TPSA) is 116 Å². The minimum atomic E-state index is -0.832. The number of carbonyl (C=O) groups excluding carboxylic acids is 1. The first-order valence-electron chi connectivity index (χ1n) is 16.8. The van der Waals surface area contributed by atoms with Gasteiger partial charge in [-0.05, 0) is 48.8 Å². The number of aromatic hydroxyl groups is 1. The van der Waals surface area contributed by atoms with E-state index in [9.17, 15) is 25.2 Å². The molecule has 0 saturated heterocycles. The van der Waals surface area contributed by atoms with E-state index in [1.54, 1.807) is 42.5 Å². The van der Waals surface area contributed by atoms with Crippen LogP contribution < -0.4 is 0 Å². The molecule has 0 bridgehead atoms. The van der Waals surface area contributed by atoms with Crippen LogP contribution in [0.3, 0.4) is 0 Å². The molecule has 0 radical (unpaired) electrons. The second-order valence-corrected chi connectivity index (χ2v) is 13.4. The zero-order chi connectivity index (χ0) is 34.2. The molecule has 0 unspecified atom stereocenters. The second-order valence-electron chi connectivity index (χ2n) is 13.4. The molecule has 1 aliphatic rings. The summed E-state index contributed by atoms with van der Waals surface area (Å²) in [5, 5.41) is 42.4. The maximum absolute atomic E-state index is 12.8. The van der Waals surface area contributed by atoms with Crippen LogP contribution in [0.2, 0.25) is 0 Å². The van der Waals surface area contributed by atoms with Gasteiger partial charge in [0.2, 0.25) is 0 Å².